The van der Waals surface area contributed by atoms with Gasteiger partial charge in [0.25, 0.3) is 0 Å². The summed E-state index contributed by atoms with van der Waals surface area (Å²) < 4.78 is 0. The van der Waals surface area contributed by atoms with Crippen molar-refractivity contribution in [3.8, 4) is 0 Å². The van der Waals surface area contributed by atoms with Gasteiger partial charge in [-0.1, -0.05) is 0 Å². The van der Waals surface area contributed by atoms with Crippen molar-refractivity contribution in [2.75, 3.05) is 0 Å². The van der Waals surface area contributed by atoms with Crippen LogP contribution in [0.3, 0.4) is 0 Å². The number of hydrogen-bond donors (Lipinski definition) is 0. The van der Waals surface area contributed by atoms with E-state index in [1.807, 2.05) is 0 Å². The first kappa shape index (κ1) is 252. The van der Waals surface area contributed by atoms with Gasteiger partial charge < -0.3 is 33.1 Å². The zero-order valence-electron chi connectivity index (χ0n) is 7.91. The van der Waals surface area contributed by atoms with Gasteiger partial charge in [-0.25, -0.2) is 0 Å². The van der Waals surface area contributed by atoms with Crippen LogP contribution in [0.25, 0.3) is 0 Å². The van der Waals surface area contributed by atoms with Gasteiger partial charge in [-0.2, -0.15) is 0 Å². The van der Waals surface area contributed by atoms with Gasteiger partial charge in [-0.05, 0) is 0 Å². The van der Waals surface area contributed by atoms with E-state index in [1.165, 1.54) is 0 Å². The molecule has 0 aromatic carbocycles. The van der Waals surface area contributed by atoms with Crippen molar-refractivity contribution in [1.29, 1.82) is 0 Å². The van der Waals surface area contributed by atoms with E-state index in [-0.39, 0.29) is 79.2 Å². The molecule has 7 heavy (non-hydrogen) atoms. The summed E-state index contributed by atoms with van der Waals surface area (Å²) in [7, 11) is 0. The van der Waals surface area contributed by atoms with Crippen LogP contribution in [0.2, 0.25) is 0 Å². The fourth-order valence-electron chi connectivity index (χ4n) is 0. The van der Waals surface area contributed by atoms with Gasteiger partial charge in [0.15, 0.2) is 0 Å². The SMILES string of the molecule is O.O.O.O.O.[H-].[H-].[H-].[H-].[Mg+2].[Mg+2]. The summed E-state index contributed by atoms with van der Waals surface area (Å²) in [5, 5.41) is 0. The second kappa shape index (κ2) is 166. The fraction of sp³-hybridized carbons (Fsp3) is 0. The number of rotatable bonds is 0. The van der Waals surface area contributed by atoms with Gasteiger partial charge in [0, 0.05) is 0 Å². The maximum Gasteiger partial charge on any atom is 2.00 e. The fourth-order valence-corrected chi connectivity index (χ4v) is 0. The maximum absolute atomic E-state index is 0. The molecule has 0 unspecified atom stereocenters. The Kier molecular flexibility index (Phi) is 5970. The first-order chi connectivity index (χ1) is 0. The maximum atomic E-state index is 0. The first-order valence-electron chi connectivity index (χ1n) is 0. The summed E-state index contributed by atoms with van der Waals surface area (Å²) >= 11 is 0. The summed E-state index contributed by atoms with van der Waals surface area (Å²) in [6.07, 6.45) is 0. The molecule has 0 aliphatic carbocycles. The van der Waals surface area contributed by atoms with Crippen LogP contribution in [0.4, 0.5) is 0 Å². The molecule has 0 fully saturated rings. The van der Waals surface area contributed by atoms with Gasteiger partial charge in [0.1, 0.15) is 0 Å². The van der Waals surface area contributed by atoms with Crippen molar-refractivity contribution < 1.29 is 33.1 Å². The molecule has 0 aliphatic rings. The second-order valence-electron chi connectivity index (χ2n) is 0. The summed E-state index contributed by atoms with van der Waals surface area (Å²) in [4.78, 5) is 0. The zero-order valence-corrected chi connectivity index (χ0v) is 6.74. The molecule has 0 saturated heterocycles. The van der Waals surface area contributed by atoms with E-state index >= 15 is 0 Å². The molecular formula is H14Mg2O5. The third-order valence-corrected chi connectivity index (χ3v) is 0. The smallest absolute Gasteiger partial charge is 1.00 e. The first-order valence-corrected chi connectivity index (χ1v) is 0. The van der Waals surface area contributed by atoms with Crippen molar-refractivity contribution in [1.82, 2.24) is 0 Å². The quantitative estimate of drug-likeness (QED) is 0.299. The van der Waals surface area contributed by atoms with E-state index in [0.29, 0.717) is 0 Å². The molecule has 7 heteroatoms. The second-order valence-corrected chi connectivity index (χ2v) is 0. The van der Waals surface area contributed by atoms with E-state index in [9.17, 15) is 0 Å². The Bertz CT molecular complexity index is 16.4. The molecule has 0 radical (unpaired) electrons. The minimum atomic E-state index is 0. The van der Waals surface area contributed by atoms with E-state index < -0.39 is 0 Å². The van der Waals surface area contributed by atoms with Gasteiger partial charge >= 0.3 is 46.1 Å². The molecule has 0 spiro atoms. The van der Waals surface area contributed by atoms with Crippen LogP contribution in [0.15, 0.2) is 0 Å². The van der Waals surface area contributed by atoms with E-state index in [0.717, 1.165) is 0 Å². The molecule has 0 atom stereocenters. The molecule has 0 rings (SSSR count). The molecule has 0 saturated carbocycles. The van der Waals surface area contributed by atoms with Crippen LogP contribution in [-0.4, -0.2) is 73.5 Å². The molecule has 10 N–H and O–H groups in total. The molecule has 0 heterocycles. The standard InChI is InChI=1S/2Mg.5H2O.4H/h;;5*1H2;;;;/q2*+2;;;;;;4*-1. The molecule has 0 aromatic rings. The van der Waals surface area contributed by atoms with Crippen LogP contribution >= 0.6 is 0 Å². The Hall–Kier alpha value is 1.33. The predicted octanol–water partition coefficient (Wildman–Crippen LogP) is -4.44. The van der Waals surface area contributed by atoms with Crippen LogP contribution < -0.4 is 0 Å². The topological polar surface area (TPSA) is 158 Å². The Morgan fingerprint density at radius 2 is 0.429 bits per heavy atom. The van der Waals surface area contributed by atoms with E-state index in [4.69, 9.17) is 0 Å². The van der Waals surface area contributed by atoms with Crippen molar-refractivity contribution in [2.45, 2.75) is 0 Å². The van der Waals surface area contributed by atoms with E-state index in [1.54, 1.807) is 0 Å². The zero-order chi connectivity index (χ0) is 0. The summed E-state index contributed by atoms with van der Waals surface area (Å²) in [6, 6.07) is 0. The van der Waals surface area contributed by atoms with Crippen molar-refractivity contribution in [3.05, 3.63) is 0 Å². The van der Waals surface area contributed by atoms with Crippen LogP contribution in [0.1, 0.15) is 5.71 Å². The Labute approximate surface area is 79.3 Å². The number of hydrogen-bond acceptors (Lipinski definition) is 0. The Morgan fingerprint density at radius 1 is 0.429 bits per heavy atom. The van der Waals surface area contributed by atoms with Gasteiger partial charge in [0.05, 0.1) is 0 Å². The van der Waals surface area contributed by atoms with Crippen LogP contribution in [0.5, 0.6) is 0 Å². The summed E-state index contributed by atoms with van der Waals surface area (Å²) in [6.45, 7) is 0. The Balaban J connectivity index is 0. The summed E-state index contributed by atoms with van der Waals surface area (Å²) in [5.41, 5.74) is 0. The molecular weight excluding hydrogens is 129 g/mol. The third-order valence-electron chi connectivity index (χ3n) is 0. The minimum absolute atomic E-state index is 0. The van der Waals surface area contributed by atoms with Gasteiger partial charge in [-0.3, -0.25) is 0 Å². The van der Waals surface area contributed by atoms with Gasteiger partial charge in [0.2, 0.25) is 0 Å². The van der Waals surface area contributed by atoms with Gasteiger partial charge in [-0.15, -0.1) is 0 Å². The molecule has 5 nitrogen and oxygen atoms in total. The normalized spacial score (nSPS) is 0. The minimum Gasteiger partial charge on any atom is -1.00 e. The molecule has 0 bridgehead atoms. The van der Waals surface area contributed by atoms with Crippen molar-refractivity contribution in [3.63, 3.8) is 0 Å². The third kappa shape index (κ3) is 117. The Morgan fingerprint density at radius 3 is 0.429 bits per heavy atom. The molecule has 48 valence electrons. The average molecular weight is 143 g/mol. The predicted molar refractivity (Wildman–Crippen MR) is 34.0 cm³/mol. The average Bonchev–Trinajstić information content (AvgIpc) is 0. The van der Waals surface area contributed by atoms with Crippen molar-refractivity contribution in [2.24, 2.45) is 0 Å². The summed E-state index contributed by atoms with van der Waals surface area (Å²) in [5.74, 6) is 0. The van der Waals surface area contributed by atoms with Crippen LogP contribution in [-0.2, 0) is 0 Å². The van der Waals surface area contributed by atoms with E-state index in [2.05, 4.69) is 0 Å². The molecule has 0 aromatic heterocycles. The monoisotopic (exact) mass is 142 g/mol. The largest absolute Gasteiger partial charge is 2.00 e. The van der Waals surface area contributed by atoms with Crippen LogP contribution in [0, 0.1) is 0 Å². The molecule has 0 aliphatic heterocycles. The molecule has 0 amide bonds. The van der Waals surface area contributed by atoms with Crippen molar-refractivity contribution >= 4 is 46.1 Å².